The Balaban J connectivity index is 1.51. The van der Waals surface area contributed by atoms with E-state index in [4.69, 9.17) is 12.2 Å². The zero-order chi connectivity index (χ0) is 23.7. The van der Waals surface area contributed by atoms with Crippen LogP contribution in [0.3, 0.4) is 0 Å². The van der Waals surface area contributed by atoms with Gasteiger partial charge in [-0.05, 0) is 73.1 Å². The number of nitrogens with one attached hydrogen (secondary N) is 2. The lowest BCUT2D eigenvalue weighted by atomic mass is 9.95. The van der Waals surface area contributed by atoms with Gasteiger partial charge in [-0.3, -0.25) is 9.71 Å². The Bertz CT molecular complexity index is 1250. The van der Waals surface area contributed by atoms with Crippen molar-refractivity contribution in [3.8, 4) is 0 Å². The van der Waals surface area contributed by atoms with Crippen LogP contribution in [0.25, 0.3) is 0 Å². The summed E-state index contributed by atoms with van der Waals surface area (Å²) in [6.07, 6.45) is 13.7. The van der Waals surface area contributed by atoms with Gasteiger partial charge in [0.25, 0.3) is 0 Å². The predicted octanol–water partition coefficient (Wildman–Crippen LogP) is 4.94. The van der Waals surface area contributed by atoms with Crippen molar-refractivity contribution in [1.29, 1.82) is 0 Å². The Labute approximate surface area is 206 Å². The van der Waals surface area contributed by atoms with Gasteiger partial charge in [-0.15, -0.1) is 0 Å². The van der Waals surface area contributed by atoms with E-state index in [0.29, 0.717) is 16.8 Å². The summed E-state index contributed by atoms with van der Waals surface area (Å²) in [5, 5.41) is 4.10. The van der Waals surface area contributed by atoms with Crippen LogP contribution in [0, 0.1) is 0 Å². The number of pyridine rings is 1. The largest absolute Gasteiger partial charge is 0.351 e. The summed E-state index contributed by atoms with van der Waals surface area (Å²) in [5.41, 5.74) is 3.51. The second-order valence-electron chi connectivity index (χ2n) is 9.10. The Hall–Kier alpha value is -2.91. The van der Waals surface area contributed by atoms with E-state index in [1.807, 2.05) is 30.3 Å². The maximum Gasteiger partial charge on any atom is 0.229 e. The molecule has 2 atom stereocenters. The van der Waals surface area contributed by atoms with E-state index in [1.165, 1.54) is 37.7 Å². The summed E-state index contributed by atoms with van der Waals surface area (Å²) in [6, 6.07) is 15.8. The second-order valence-corrected chi connectivity index (χ2v) is 11.2. The highest BCUT2D eigenvalue weighted by atomic mass is 32.2. The van der Waals surface area contributed by atoms with Crippen LogP contribution in [0.2, 0.25) is 0 Å². The molecule has 2 N–H and O–H groups in total. The third kappa shape index (κ3) is 4.81. The lowest BCUT2D eigenvalue weighted by Gasteiger charge is -2.28. The molecule has 3 heterocycles. The Morgan fingerprint density at radius 2 is 1.82 bits per heavy atom. The summed E-state index contributed by atoms with van der Waals surface area (Å²) in [6.45, 7) is 0. The quantitative estimate of drug-likeness (QED) is 0.472. The van der Waals surface area contributed by atoms with Gasteiger partial charge in [-0.1, -0.05) is 25.3 Å². The van der Waals surface area contributed by atoms with Gasteiger partial charge in [0, 0.05) is 36.0 Å². The molecule has 1 aliphatic carbocycles. The fourth-order valence-electron chi connectivity index (χ4n) is 5.09. The van der Waals surface area contributed by atoms with E-state index >= 15 is 0 Å². The van der Waals surface area contributed by atoms with Crippen molar-refractivity contribution in [1.82, 2.24) is 14.9 Å². The molecule has 3 aromatic rings. The van der Waals surface area contributed by atoms with Gasteiger partial charge in [0.15, 0.2) is 5.11 Å². The van der Waals surface area contributed by atoms with Gasteiger partial charge < -0.3 is 14.8 Å². The van der Waals surface area contributed by atoms with Crippen molar-refractivity contribution in [2.45, 2.75) is 50.2 Å². The number of hydrogen-bond donors (Lipinski definition) is 2. The van der Waals surface area contributed by atoms with E-state index in [-0.39, 0.29) is 12.1 Å². The van der Waals surface area contributed by atoms with Gasteiger partial charge in [0.05, 0.1) is 24.0 Å². The molecule has 0 unspecified atom stereocenters. The van der Waals surface area contributed by atoms with Crippen LogP contribution in [0.5, 0.6) is 0 Å². The Morgan fingerprint density at radius 3 is 2.50 bits per heavy atom. The number of nitrogens with zero attached hydrogens (tertiary/aromatic N) is 3. The third-order valence-electron chi connectivity index (χ3n) is 6.62. The number of thiocarbonyl (C=S) groups is 1. The first kappa shape index (κ1) is 22.9. The van der Waals surface area contributed by atoms with Crippen molar-refractivity contribution in [3.05, 3.63) is 78.4 Å². The highest BCUT2D eigenvalue weighted by Gasteiger charge is 2.41. The standard InChI is InChI=1S/C25H29N5O2S2/c1-34(31,32)28-19-10-12-21(13-11-19)30-24(23(27-25(30)33)22-9-5-6-15-26-22)18-14-16-29(17-18)20-7-3-2-4-8-20/h5-6,9-17,20,23-24,28H,2-4,7-8H2,1H3,(H,27,33)/t23-,24+/m1/s1. The minimum absolute atomic E-state index is 0.0824. The summed E-state index contributed by atoms with van der Waals surface area (Å²) in [4.78, 5) is 6.73. The lowest BCUT2D eigenvalue weighted by Crippen LogP contribution is -2.29. The number of anilines is 2. The SMILES string of the molecule is CS(=O)(=O)Nc1ccc(N2C(=S)N[C@H](c3ccccn3)[C@@H]2c2ccn(C3CCCCC3)c2)cc1. The van der Waals surface area contributed by atoms with Gasteiger partial charge in [0.1, 0.15) is 0 Å². The maximum atomic E-state index is 11.6. The fraction of sp³-hybridized carbons (Fsp3) is 0.360. The first-order valence-electron chi connectivity index (χ1n) is 11.6. The maximum absolute atomic E-state index is 11.6. The summed E-state index contributed by atoms with van der Waals surface area (Å²) >= 11 is 5.80. The van der Waals surface area contributed by atoms with E-state index in [2.05, 4.69) is 42.9 Å². The molecule has 1 saturated carbocycles. The van der Waals surface area contributed by atoms with Crippen molar-refractivity contribution >= 4 is 38.7 Å². The topological polar surface area (TPSA) is 79.3 Å². The Morgan fingerprint density at radius 1 is 1.06 bits per heavy atom. The van der Waals surface area contributed by atoms with E-state index in [1.54, 1.807) is 18.3 Å². The van der Waals surface area contributed by atoms with Gasteiger partial charge >= 0.3 is 0 Å². The molecule has 0 amide bonds. The average molecular weight is 496 g/mol. The van der Waals surface area contributed by atoms with Crippen LogP contribution in [0.1, 0.15) is 61.5 Å². The predicted molar refractivity (Wildman–Crippen MR) is 139 cm³/mol. The molecular formula is C25H29N5O2S2. The molecule has 1 aliphatic heterocycles. The first-order chi connectivity index (χ1) is 16.4. The summed E-state index contributed by atoms with van der Waals surface area (Å²) < 4.78 is 28.1. The van der Waals surface area contributed by atoms with Crippen LogP contribution >= 0.6 is 12.2 Å². The number of aromatic nitrogens is 2. The molecule has 2 fully saturated rings. The average Bonchev–Trinajstić information content (AvgIpc) is 3.44. The van der Waals surface area contributed by atoms with Crippen molar-refractivity contribution < 1.29 is 8.42 Å². The molecule has 178 valence electrons. The minimum Gasteiger partial charge on any atom is -0.351 e. The van der Waals surface area contributed by atoms with E-state index in [0.717, 1.165) is 17.6 Å². The van der Waals surface area contributed by atoms with Crippen LogP contribution in [0.4, 0.5) is 11.4 Å². The molecule has 2 aliphatic rings. The first-order valence-corrected chi connectivity index (χ1v) is 13.9. The molecule has 0 spiro atoms. The minimum atomic E-state index is -3.34. The lowest BCUT2D eigenvalue weighted by molar-refractivity contribution is 0.353. The zero-order valence-corrected chi connectivity index (χ0v) is 20.7. The van der Waals surface area contributed by atoms with Crippen molar-refractivity contribution in [2.75, 3.05) is 15.9 Å². The van der Waals surface area contributed by atoms with Gasteiger partial charge in [-0.25, -0.2) is 8.42 Å². The highest BCUT2D eigenvalue weighted by Crippen LogP contribution is 2.42. The normalized spacial score (nSPS) is 21.4. The molecule has 5 rings (SSSR count). The highest BCUT2D eigenvalue weighted by molar-refractivity contribution is 7.92. The smallest absolute Gasteiger partial charge is 0.229 e. The number of rotatable bonds is 6. The Kier molecular flexibility index (Phi) is 6.31. The van der Waals surface area contributed by atoms with Crippen molar-refractivity contribution in [3.63, 3.8) is 0 Å². The molecule has 7 nitrogen and oxygen atoms in total. The number of hydrogen-bond acceptors (Lipinski definition) is 4. The van der Waals surface area contributed by atoms with Crippen LogP contribution in [-0.2, 0) is 10.0 Å². The van der Waals surface area contributed by atoms with E-state index < -0.39 is 10.0 Å². The molecule has 0 bridgehead atoms. The molecule has 1 aromatic carbocycles. The van der Waals surface area contributed by atoms with Crippen LogP contribution in [-0.4, -0.2) is 29.3 Å². The molecule has 0 radical (unpaired) electrons. The molecule has 2 aromatic heterocycles. The number of benzene rings is 1. The summed E-state index contributed by atoms with van der Waals surface area (Å²) in [5.74, 6) is 0. The van der Waals surface area contributed by atoms with Gasteiger partial charge in [-0.2, -0.15) is 0 Å². The fourth-order valence-corrected chi connectivity index (χ4v) is 6.00. The third-order valence-corrected chi connectivity index (χ3v) is 7.54. The molecule has 34 heavy (non-hydrogen) atoms. The molecule has 1 saturated heterocycles. The van der Waals surface area contributed by atoms with Crippen LogP contribution in [0.15, 0.2) is 67.1 Å². The van der Waals surface area contributed by atoms with Crippen LogP contribution < -0.4 is 14.9 Å². The summed E-state index contributed by atoms with van der Waals surface area (Å²) in [7, 11) is -3.34. The van der Waals surface area contributed by atoms with E-state index in [9.17, 15) is 8.42 Å². The molecule has 9 heteroatoms. The second kappa shape index (κ2) is 9.38. The zero-order valence-electron chi connectivity index (χ0n) is 19.1. The van der Waals surface area contributed by atoms with Crippen molar-refractivity contribution in [2.24, 2.45) is 0 Å². The van der Waals surface area contributed by atoms with Gasteiger partial charge in [0.2, 0.25) is 10.0 Å². The monoisotopic (exact) mass is 495 g/mol. The number of sulfonamides is 1. The molecular weight excluding hydrogens is 466 g/mol.